The number of carbonyl (C=O) groups excluding carboxylic acids is 1. The SMILES string of the molecule is C=CC(=O)Nc1cc(O)cc(O)c1C1C(O)C(c2c(C)[nH]n(-c3ccccc3)c2=O)C1O. The Kier molecular flexibility index (Phi) is 5.37. The van der Waals surface area contributed by atoms with Crippen LogP contribution in [0.3, 0.4) is 0 Å². The molecule has 32 heavy (non-hydrogen) atoms. The average molecular weight is 437 g/mol. The predicted molar refractivity (Wildman–Crippen MR) is 117 cm³/mol. The van der Waals surface area contributed by atoms with E-state index in [0.717, 1.165) is 12.1 Å². The van der Waals surface area contributed by atoms with E-state index in [9.17, 15) is 30.0 Å². The minimum absolute atomic E-state index is 0.0291. The van der Waals surface area contributed by atoms with Crippen LogP contribution in [-0.2, 0) is 4.79 Å². The van der Waals surface area contributed by atoms with Gasteiger partial charge in [-0.15, -0.1) is 0 Å². The van der Waals surface area contributed by atoms with E-state index < -0.39 is 41.3 Å². The Hall–Kier alpha value is -3.82. The minimum atomic E-state index is -1.23. The summed E-state index contributed by atoms with van der Waals surface area (Å²) in [4.78, 5) is 24.9. The van der Waals surface area contributed by atoms with Crippen molar-refractivity contribution in [3.05, 3.63) is 82.3 Å². The van der Waals surface area contributed by atoms with Crippen LogP contribution < -0.4 is 10.9 Å². The van der Waals surface area contributed by atoms with Crippen molar-refractivity contribution in [1.29, 1.82) is 0 Å². The van der Waals surface area contributed by atoms with E-state index in [1.165, 1.54) is 10.7 Å². The third-order valence-electron chi connectivity index (χ3n) is 5.86. The first-order chi connectivity index (χ1) is 15.2. The van der Waals surface area contributed by atoms with Crippen molar-refractivity contribution in [1.82, 2.24) is 9.78 Å². The highest BCUT2D eigenvalue weighted by atomic mass is 16.3. The maximum absolute atomic E-state index is 13.1. The molecular formula is C23H23N3O6. The van der Waals surface area contributed by atoms with Crippen LogP contribution in [-0.4, -0.2) is 48.3 Å². The molecule has 1 amide bonds. The van der Waals surface area contributed by atoms with Gasteiger partial charge in [-0.05, 0) is 25.1 Å². The molecule has 6 N–H and O–H groups in total. The number of aromatic nitrogens is 2. The fourth-order valence-electron chi connectivity index (χ4n) is 4.36. The molecule has 9 heteroatoms. The summed E-state index contributed by atoms with van der Waals surface area (Å²) in [5, 5.41) is 47.6. The van der Waals surface area contributed by atoms with E-state index in [4.69, 9.17) is 0 Å². The van der Waals surface area contributed by atoms with Gasteiger partial charge in [0.1, 0.15) is 11.5 Å². The Morgan fingerprint density at radius 3 is 2.34 bits per heavy atom. The number of aromatic hydroxyl groups is 2. The van der Waals surface area contributed by atoms with Crippen molar-refractivity contribution in [2.24, 2.45) is 0 Å². The Morgan fingerprint density at radius 2 is 1.72 bits per heavy atom. The zero-order valence-electron chi connectivity index (χ0n) is 17.2. The largest absolute Gasteiger partial charge is 0.508 e. The summed E-state index contributed by atoms with van der Waals surface area (Å²) in [5.74, 6) is -3.22. The minimum Gasteiger partial charge on any atom is -0.508 e. The molecular weight excluding hydrogens is 414 g/mol. The highest BCUT2D eigenvalue weighted by Crippen LogP contribution is 2.52. The summed E-state index contributed by atoms with van der Waals surface area (Å²) in [7, 11) is 0. The smallest absolute Gasteiger partial charge is 0.275 e. The number of phenolic OH excluding ortho intramolecular Hbond substituents is 2. The first-order valence-corrected chi connectivity index (χ1v) is 9.97. The number of carbonyl (C=O) groups is 1. The molecule has 0 bridgehead atoms. The number of para-hydroxylation sites is 1. The lowest BCUT2D eigenvalue weighted by atomic mass is 9.62. The van der Waals surface area contributed by atoms with E-state index in [1.807, 2.05) is 6.07 Å². The summed E-state index contributed by atoms with van der Waals surface area (Å²) in [6.45, 7) is 5.04. The second kappa shape index (κ2) is 8.03. The molecule has 0 spiro atoms. The van der Waals surface area contributed by atoms with Gasteiger partial charge in [-0.2, -0.15) is 0 Å². The molecule has 166 valence electrons. The van der Waals surface area contributed by atoms with Crippen LogP contribution >= 0.6 is 0 Å². The molecule has 1 aliphatic rings. The van der Waals surface area contributed by atoms with Crippen molar-refractivity contribution >= 4 is 11.6 Å². The van der Waals surface area contributed by atoms with Crippen LogP contribution in [0.5, 0.6) is 11.5 Å². The van der Waals surface area contributed by atoms with E-state index in [-0.39, 0.29) is 22.6 Å². The standard InChI is InChI=1S/C23H23N3O6/c1-3-16(29)24-14-9-13(27)10-15(28)18(14)20-21(30)19(22(20)31)17-11(2)25-26(23(17)32)12-7-5-4-6-8-12/h3-10,19-22,25,27-28,30-31H,1H2,2H3,(H,24,29). The molecule has 0 aliphatic heterocycles. The number of hydrogen-bond donors (Lipinski definition) is 6. The average Bonchev–Trinajstić information content (AvgIpc) is 3.05. The summed E-state index contributed by atoms with van der Waals surface area (Å²) in [5.41, 5.74) is 1.03. The van der Waals surface area contributed by atoms with Gasteiger partial charge >= 0.3 is 0 Å². The van der Waals surface area contributed by atoms with Gasteiger partial charge < -0.3 is 25.7 Å². The number of nitrogens with one attached hydrogen (secondary N) is 2. The molecule has 9 nitrogen and oxygen atoms in total. The van der Waals surface area contributed by atoms with Gasteiger partial charge in [0.25, 0.3) is 5.56 Å². The number of anilines is 1. The fourth-order valence-corrected chi connectivity index (χ4v) is 4.36. The molecule has 2 unspecified atom stereocenters. The van der Waals surface area contributed by atoms with Crippen LogP contribution in [0, 0.1) is 6.92 Å². The molecule has 4 rings (SSSR count). The number of amides is 1. The van der Waals surface area contributed by atoms with E-state index in [2.05, 4.69) is 17.0 Å². The van der Waals surface area contributed by atoms with Gasteiger partial charge in [-0.25, -0.2) is 4.68 Å². The number of H-pyrrole nitrogens is 1. The van der Waals surface area contributed by atoms with Crippen molar-refractivity contribution < 1.29 is 25.2 Å². The third-order valence-corrected chi connectivity index (χ3v) is 5.86. The first-order valence-electron chi connectivity index (χ1n) is 9.97. The van der Waals surface area contributed by atoms with Gasteiger partial charge in [0.15, 0.2) is 0 Å². The summed E-state index contributed by atoms with van der Waals surface area (Å²) >= 11 is 0. The molecule has 2 atom stereocenters. The van der Waals surface area contributed by atoms with Gasteiger partial charge in [-0.3, -0.25) is 14.7 Å². The lowest BCUT2D eigenvalue weighted by Gasteiger charge is -2.47. The highest BCUT2D eigenvalue weighted by molar-refractivity contribution is 6.00. The number of nitrogens with zero attached hydrogens (tertiary/aromatic N) is 1. The van der Waals surface area contributed by atoms with Gasteiger partial charge in [-0.1, -0.05) is 24.8 Å². The second-order valence-corrected chi connectivity index (χ2v) is 7.78. The van der Waals surface area contributed by atoms with Crippen molar-refractivity contribution in [3.8, 4) is 17.2 Å². The summed E-state index contributed by atoms with van der Waals surface area (Å²) in [6, 6.07) is 11.1. The third kappa shape index (κ3) is 3.37. The van der Waals surface area contributed by atoms with Crippen LogP contribution in [0.1, 0.15) is 28.7 Å². The maximum atomic E-state index is 13.1. The number of hydrogen-bond acceptors (Lipinski definition) is 6. The van der Waals surface area contributed by atoms with Crippen LogP contribution in [0.4, 0.5) is 5.69 Å². The van der Waals surface area contributed by atoms with Gasteiger partial charge in [0, 0.05) is 40.8 Å². The number of rotatable bonds is 5. The van der Waals surface area contributed by atoms with Crippen LogP contribution in [0.2, 0.25) is 0 Å². The summed E-state index contributed by atoms with van der Waals surface area (Å²) in [6.07, 6.45) is -1.45. The quantitative estimate of drug-likeness (QED) is 0.334. The first kappa shape index (κ1) is 21.4. The molecule has 0 saturated heterocycles. The number of benzene rings is 2. The van der Waals surface area contributed by atoms with Gasteiger partial charge in [0.05, 0.1) is 23.6 Å². The molecule has 3 aromatic rings. The number of aliphatic hydroxyl groups excluding tert-OH is 2. The zero-order chi connectivity index (χ0) is 23.2. The Morgan fingerprint density at radius 1 is 1.09 bits per heavy atom. The Labute approximate surface area is 182 Å². The molecule has 1 heterocycles. The van der Waals surface area contributed by atoms with E-state index in [1.54, 1.807) is 31.2 Å². The van der Waals surface area contributed by atoms with Gasteiger partial charge in [0.2, 0.25) is 5.91 Å². The van der Waals surface area contributed by atoms with Crippen LogP contribution in [0.15, 0.2) is 59.9 Å². The normalized spacial score (nSPS) is 22.2. The Bertz CT molecular complexity index is 1240. The molecule has 1 aliphatic carbocycles. The molecule has 2 aromatic carbocycles. The van der Waals surface area contributed by atoms with E-state index in [0.29, 0.717) is 11.4 Å². The van der Waals surface area contributed by atoms with Crippen molar-refractivity contribution in [2.75, 3.05) is 5.32 Å². The number of aromatic amines is 1. The topological polar surface area (TPSA) is 148 Å². The lowest BCUT2D eigenvalue weighted by Crippen LogP contribution is -2.53. The monoisotopic (exact) mass is 437 g/mol. The molecule has 1 saturated carbocycles. The highest BCUT2D eigenvalue weighted by Gasteiger charge is 2.54. The molecule has 1 fully saturated rings. The van der Waals surface area contributed by atoms with Crippen molar-refractivity contribution in [3.63, 3.8) is 0 Å². The second-order valence-electron chi connectivity index (χ2n) is 7.78. The fraction of sp³-hybridized carbons (Fsp3) is 0.217. The summed E-state index contributed by atoms with van der Waals surface area (Å²) < 4.78 is 1.34. The molecule has 1 aromatic heterocycles. The Balaban J connectivity index is 1.72. The zero-order valence-corrected chi connectivity index (χ0v) is 17.2. The van der Waals surface area contributed by atoms with Crippen LogP contribution in [0.25, 0.3) is 5.69 Å². The lowest BCUT2D eigenvalue weighted by molar-refractivity contribution is -0.112. The van der Waals surface area contributed by atoms with E-state index >= 15 is 0 Å². The number of aryl methyl sites for hydroxylation is 1. The number of phenols is 2. The molecule has 0 radical (unpaired) electrons. The maximum Gasteiger partial charge on any atom is 0.275 e. The number of aliphatic hydroxyl groups is 2. The predicted octanol–water partition coefficient (Wildman–Crippen LogP) is 1.61. The van der Waals surface area contributed by atoms with Crippen molar-refractivity contribution in [2.45, 2.75) is 31.0 Å².